The number of benzene rings is 2. The number of halogens is 1. The molecule has 2 aromatic carbocycles. The number of amides is 1. The van der Waals surface area contributed by atoms with E-state index < -0.39 is 5.69 Å². The van der Waals surface area contributed by atoms with Gasteiger partial charge >= 0.3 is 5.69 Å². The molecule has 30 heavy (non-hydrogen) atoms. The van der Waals surface area contributed by atoms with Gasteiger partial charge in [0.25, 0.3) is 0 Å². The van der Waals surface area contributed by atoms with Crippen molar-refractivity contribution in [1.29, 1.82) is 0 Å². The van der Waals surface area contributed by atoms with E-state index in [-0.39, 0.29) is 12.5 Å². The highest BCUT2D eigenvalue weighted by Gasteiger charge is 2.16. The molecule has 0 aliphatic heterocycles. The summed E-state index contributed by atoms with van der Waals surface area (Å²) in [7, 11) is 0. The summed E-state index contributed by atoms with van der Waals surface area (Å²) in [6.45, 7) is 3.54. The highest BCUT2D eigenvalue weighted by atomic mass is 35.5. The first kappa shape index (κ1) is 19.7. The van der Waals surface area contributed by atoms with Crippen LogP contribution in [0.25, 0.3) is 5.65 Å². The number of nitrogens with one attached hydrogen (secondary N) is 2. The summed E-state index contributed by atoms with van der Waals surface area (Å²) in [5.41, 5.74) is 3.02. The molecular weight excluding hydrogens is 404 g/mol. The Morgan fingerprint density at radius 3 is 2.67 bits per heavy atom. The minimum absolute atomic E-state index is 0.240. The molecule has 2 aromatic heterocycles. The third kappa shape index (κ3) is 4.04. The Labute approximate surface area is 177 Å². The lowest BCUT2D eigenvalue weighted by molar-refractivity contribution is -0.117. The van der Waals surface area contributed by atoms with Crippen LogP contribution < -0.4 is 16.3 Å². The number of hydrogen-bond donors (Lipinski definition) is 2. The molecule has 4 aromatic rings. The van der Waals surface area contributed by atoms with Crippen molar-refractivity contribution in [2.24, 2.45) is 0 Å². The molecule has 0 fully saturated rings. The average molecular weight is 423 g/mol. The number of aromatic nitrogens is 4. The zero-order chi connectivity index (χ0) is 21.3. The average Bonchev–Trinajstić information content (AvgIpc) is 2.98. The van der Waals surface area contributed by atoms with Gasteiger partial charge in [-0.05, 0) is 43.7 Å². The Balaban J connectivity index is 1.66. The Morgan fingerprint density at radius 1 is 1.10 bits per heavy atom. The van der Waals surface area contributed by atoms with Crippen molar-refractivity contribution in [3.63, 3.8) is 0 Å². The molecule has 8 nitrogen and oxygen atoms in total. The van der Waals surface area contributed by atoms with E-state index in [1.54, 1.807) is 30.3 Å². The standard InChI is InChI=1S/C21H19ClN6O2/c1-13-6-3-4-9-17(13)25-20-23-14(2)10-18-26-27(21(30)28(18)20)12-19(29)24-16-8-5-7-15(22)11-16/h3-11H,12H2,1-2H3,(H,23,25)(H,24,29). The lowest BCUT2D eigenvalue weighted by Gasteiger charge is -2.10. The Morgan fingerprint density at radius 2 is 1.90 bits per heavy atom. The minimum Gasteiger partial charge on any atom is -0.325 e. The molecule has 0 aliphatic rings. The molecule has 2 heterocycles. The molecule has 2 N–H and O–H groups in total. The summed E-state index contributed by atoms with van der Waals surface area (Å²) in [4.78, 5) is 29.8. The van der Waals surface area contributed by atoms with Gasteiger partial charge in [0, 0.05) is 28.2 Å². The van der Waals surface area contributed by atoms with Gasteiger partial charge in [-0.15, -0.1) is 5.10 Å². The highest BCUT2D eigenvalue weighted by molar-refractivity contribution is 6.30. The summed E-state index contributed by atoms with van der Waals surface area (Å²) in [5.74, 6) is -0.0494. The molecule has 1 amide bonds. The molecule has 0 saturated carbocycles. The van der Waals surface area contributed by atoms with E-state index >= 15 is 0 Å². The van der Waals surface area contributed by atoms with Crippen LogP contribution in [0.15, 0.2) is 59.4 Å². The van der Waals surface area contributed by atoms with E-state index in [1.807, 2.05) is 38.1 Å². The summed E-state index contributed by atoms with van der Waals surface area (Å²) in [5, 5.41) is 10.7. The number of fused-ring (bicyclic) bond motifs is 1. The molecule has 0 unspecified atom stereocenters. The van der Waals surface area contributed by atoms with Crippen LogP contribution >= 0.6 is 11.6 Å². The summed E-state index contributed by atoms with van der Waals surface area (Å²) in [6.07, 6.45) is 0. The number of anilines is 3. The van der Waals surface area contributed by atoms with E-state index in [4.69, 9.17) is 11.6 Å². The van der Waals surface area contributed by atoms with Gasteiger partial charge in [0.1, 0.15) is 6.54 Å². The quantitative estimate of drug-likeness (QED) is 0.513. The first-order valence-electron chi connectivity index (χ1n) is 9.26. The molecule has 0 aliphatic carbocycles. The van der Waals surface area contributed by atoms with Crippen LogP contribution in [0, 0.1) is 13.8 Å². The second kappa shape index (κ2) is 8.00. The van der Waals surface area contributed by atoms with Crippen molar-refractivity contribution >= 4 is 40.5 Å². The molecule has 152 valence electrons. The Bertz CT molecular complexity index is 1310. The van der Waals surface area contributed by atoms with Gasteiger partial charge < -0.3 is 10.6 Å². The smallest absolute Gasteiger partial charge is 0.325 e. The van der Waals surface area contributed by atoms with Crippen LogP contribution in [0.4, 0.5) is 17.3 Å². The molecule has 9 heteroatoms. The second-order valence-corrected chi connectivity index (χ2v) is 7.29. The van der Waals surface area contributed by atoms with Crippen LogP contribution in [-0.4, -0.2) is 25.1 Å². The van der Waals surface area contributed by atoms with Gasteiger partial charge in [0.15, 0.2) is 5.65 Å². The van der Waals surface area contributed by atoms with Crippen LogP contribution in [0.3, 0.4) is 0 Å². The van der Waals surface area contributed by atoms with Crippen molar-refractivity contribution in [2.45, 2.75) is 20.4 Å². The SMILES string of the molecule is Cc1cc2nn(CC(=O)Nc3cccc(Cl)c3)c(=O)n2c(Nc2ccccc2C)n1. The van der Waals surface area contributed by atoms with Gasteiger partial charge in [-0.1, -0.05) is 35.9 Å². The fourth-order valence-corrected chi connectivity index (χ4v) is 3.27. The fourth-order valence-electron chi connectivity index (χ4n) is 3.08. The molecule has 4 rings (SSSR count). The third-order valence-corrected chi connectivity index (χ3v) is 4.72. The third-order valence-electron chi connectivity index (χ3n) is 4.49. The number of carbonyl (C=O) groups is 1. The van der Waals surface area contributed by atoms with Crippen molar-refractivity contribution in [2.75, 3.05) is 10.6 Å². The zero-order valence-electron chi connectivity index (χ0n) is 16.4. The highest BCUT2D eigenvalue weighted by Crippen LogP contribution is 2.19. The number of para-hydroxylation sites is 1. The normalized spacial score (nSPS) is 10.9. The summed E-state index contributed by atoms with van der Waals surface area (Å²) >= 11 is 5.94. The van der Waals surface area contributed by atoms with E-state index in [1.165, 1.54) is 4.40 Å². The van der Waals surface area contributed by atoms with Gasteiger partial charge in [-0.25, -0.2) is 18.9 Å². The van der Waals surface area contributed by atoms with Crippen LogP contribution in [0.1, 0.15) is 11.3 Å². The van der Waals surface area contributed by atoms with Crippen LogP contribution in [-0.2, 0) is 11.3 Å². The lowest BCUT2D eigenvalue weighted by Crippen LogP contribution is -2.29. The predicted octanol–water partition coefficient (Wildman–Crippen LogP) is 3.54. The van der Waals surface area contributed by atoms with Crippen LogP contribution in [0.5, 0.6) is 0 Å². The number of carbonyl (C=O) groups excluding carboxylic acids is 1. The summed E-state index contributed by atoms with van der Waals surface area (Å²) < 4.78 is 2.46. The van der Waals surface area contributed by atoms with Crippen LogP contribution in [0.2, 0.25) is 5.02 Å². The Kier molecular flexibility index (Phi) is 5.24. The van der Waals surface area contributed by atoms with E-state index in [9.17, 15) is 9.59 Å². The largest absolute Gasteiger partial charge is 0.353 e. The van der Waals surface area contributed by atoms with Gasteiger partial charge in [-0.2, -0.15) is 0 Å². The van der Waals surface area contributed by atoms with Crippen molar-refractivity contribution in [1.82, 2.24) is 19.2 Å². The molecule has 0 radical (unpaired) electrons. The summed E-state index contributed by atoms with van der Waals surface area (Å²) in [6, 6.07) is 16.2. The maximum absolute atomic E-state index is 13.0. The Hall–Kier alpha value is -3.65. The molecule has 0 atom stereocenters. The number of aryl methyl sites for hydroxylation is 2. The number of nitrogens with zero attached hydrogens (tertiary/aromatic N) is 4. The predicted molar refractivity (Wildman–Crippen MR) is 117 cm³/mol. The maximum atomic E-state index is 13.0. The zero-order valence-corrected chi connectivity index (χ0v) is 17.1. The molecule has 0 saturated heterocycles. The van der Waals surface area contributed by atoms with E-state index in [0.717, 1.165) is 15.9 Å². The molecule has 0 spiro atoms. The van der Waals surface area contributed by atoms with Crippen molar-refractivity contribution < 1.29 is 4.79 Å². The van der Waals surface area contributed by atoms with Crippen molar-refractivity contribution in [3.8, 4) is 0 Å². The topological polar surface area (TPSA) is 93.3 Å². The first-order chi connectivity index (χ1) is 14.4. The van der Waals surface area contributed by atoms with Gasteiger partial charge in [0.2, 0.25) is 11.9 Å². The van der Waals surface area contributed by atoms with Gasteiger partial charge in [0.05, 0.1) is 0 Å². The molecule has 0 bridgehead atoms. The monoisotopic (exact) mass is 422 g/mol. The maximum Gasteiger partial charge on any atom is 0.353 e. The van der Waals surface area contributed by atoms with E-state index in [0.29, 0.717) is 28.0 Å². The second-order valence-electron chi connectivity index (χ2n) is 6.85. The minimum atomic E-state index is -0.463. The van der Waals surface area contributed by atoms with Crippen molar-refractivity contribution in [3.05, 3.63) is 81.4 Å². The van der Waals surface area contributed by atoms with E-state index in [2.05, 4.69) is 20.7 Å². The number of rotatable bonds is 5. The molecular formula is C21H19ClN6O2. The fraction of sp³-hybridized carbons (Fsp3) is 0.143. The lowest BCUT2D eigenvalue weighted by atomic mass is 10.2. The number of hydrogen-bond acceptors (Lipinski definition) is 5. The first-order valence-corrected chi connectivity index (χ1v) is 9.64. The van der Waals surface area contributed by atoms with Gasteiger partial charge in [-0.3, -0.25) is 4.79 Å².